The molecular formula is C10H11N3O2S. The topological polar surface area (TPSA) is 81.0 Å². The molecular weight excluding hydrogens is 226 g/mol. The number of fused-ring (bicyclic) bond motifs is 1. The number of ether oxygens (including phenoxy) is 1. The Morgan fingerprint density at radius 2 is 2.31 bits per heavy atom. The Morgan fingerprint density at radius 1 is 1.56 bits per heavy atom. The zero-order valence-corrected chi connectivity index (χ0v) is 9.28. The minimum atomic E-state index is -0.739. The van der Waals surface area contributed by atoms with E-state index in [1.807, 2.05) is 24.3 Å². The minimum absolute atomic E-state index is 0.156. The summed E-state index contributed by atoms with van der Waals surface area (Å²) in [5, 5.41) is 0. The number of carbonyl (C=O) groups is 1. The van der Waals surface area contributed by atoms with Gasteiger partial charge in [0.25, 0.3) is 0 Å². The smallest absolute Gasteiger partial charge is 0.331 e. The molecule has 0 aliphatic carbocycles. The standard InChI is InChI=1S/C10H11N3O2S/c11-6(5-16)9(14)15-10-12-7-3-1-2-4-8(7)13-10/h1-4,6,16H,5,11H2,(H,12,13)/t6-/m0/s1. The molecule has 84 valence electrons. The minimum Gasteiger partial charge on any atom is -0.391 e. The van der Waals surface area contributed by atoms with Crippen molar-refractivity contribution in [2.45, 2.75) is 6.04 Å². The van der Waals surface area contributed by atoms with Gasteiger partial charge in [0.2, 0.25) is 0 Å². The molecule has 6 heteroatoms. The first kappa shape index (κ1) is 11.0. The van der Waals surface area contributed by atoms with Crippen LogP contribution in [0.2, 0.25) is 0 Å². The summed E-state index contributed by atoms with van der Waals surface area (Å²) in [4.78, 5) is 18.3. The fourth-order valence-corrected chi connectivity index (χ4v) is 1.37. The Morgan fingerprint density at radius 3 is 3.00 bits per heavy atom. The van der Waals surface area contributed by atoms with Crippen molar-refractivity contribution in [2.24, 2.45) is 5.73 Å². The number of nitrogens with one attached hydrogen (secondary N) is 1. The van der Waals surface area contributed by atoms with Crippen molar-refractivity contribution in [2.75, 3.05) is 5.75 Å². The molecule has 0 fully saturated rings. The first-order valence-corrected chi connectivity index (χ1v) is 5.37. The number of nitrogens with zero attached hydrogens (tertiary/aromatic N) is 1. The summed E-state index contributed by atoms with van der Waals surface area (Å²) in [5.41, 5.74) is 7.02. The Labute approximate surface area is 97.4 Å². The molecule has 0 spiro atoms. The van der Waals surface area contributed by atoms with Gasteiger partial charge < -0.3 is 15.5 Å². The van der Waals surface area contributed by atoms with E-state index in [9.17, 15) is 4.79 Å². The van der Waals surface area contributed by atoms with Gasteiger partial charge in [0.05, 0.1) is 11.0 Å². The largest absolute Gasteiger partial charge is 0.391 e. The van der Waals surface area contributed by atoms with Crippen LogP contribution in [0.3, 0.4) is 0 Å². The molecule has 3 N–H and O–H groups in total. The maximum atomic E-state index is 11.4. The Balaban J connectivity index is 2.18. The molecule has 0 radical (unpaired) electrons. The number of nitrogens with two attached hydrogens (primary N) is 1. The summed E-state index contributed by atoms with van der Waals surface area (Å²) in [6, 6.07) is 6.81. The number of esters is 1. The van der Waals surface area contributed by atoms with E-state index in [2.05, 4.69) is 22.6 Å². The first-order valence-electron chi connectivity index (χ1n) is 4.73. The molecule has 1 aromatic carbocycles. The molecule has 2 rings (SSSR count). The average Bonchev–Trinajstić information content (AvgIpc) is 2.69. The molecule has 1 atom stereocenters. The predicted molar refractivity (Wildman–Crippen MR) is 63.6 cm³/mol. The SMILES string of the molecule is N[C@@H](CS)C(=O)Oc1nc2ccccc2[nH]1. The van der Waals surface area contributed by atoms with E-state index in [-0.39, 0.29) is 11.8 Å². The lowest BCUT2D eigenvalue weighted by molar-refractivity contribution is -0.135. The molecule has 0 amide bonds. The number of aromatic amines is 1. The number of carbonyl (C=O) groups excluding carboxylic acids is 1. The van der Waals surface area contributed by atoms with E-state index in [0.29, 0.717) is 0 Å². The second-order valence-corrected chi connectivity index (χ2v) is 3.63. The monoisotopic (exact) mass is 237 g/mol. The third-order valence-electron chi connectivity index (χ3n) is 2.06. The molecule has 0 saturated carbocycles. The van der Waals surface area contributed by atoms with E-state index in [4.69, 9.17) is 10.5 Å². The summed E-state index contributed by atoms with van der Waals surface area (Å²) in [6.07, 6.45) is 0. The van der Waals surface area contributed by atoms with Crippen molar-refractivity contribution in [3.63, 3.8) is 0 Å². The van der Waals surface area contributed by atoms with Crippen molar-refractivity contribution in [3.05, 3.63) is 24.3 Å². The predicted octanol–water partition coefficient (Wildman–Crippen LogP) is 0.725. The van der Waals surface area contributed by atoms with Crippen LogP contribution >= 0.6 is 12.6 Å². The number of hydrogen-bond acceptors (Lipinski definition) is 5. The number of thiol groups is 1. The lowest BCUT2D eigenvalue weighted by Gasteiger charge is -2.05. The van der Waals surface area contributed by atoms with Crippen LogP contribution in [0.25, 0.3) is 11.0 Å². The van der Waals surface area contributed by atoms with Crippen molar-refractivity contribution >= 4 is 29.6 Å². The van der Waals surface area contributed by atoms with Crippen molar-refractivity contribution in [1.82, 2.24) is 9.97 Å². The summed E-state index contributed by atoms with van der Waals surface area (Å²) in [5.74, 6) is -0.312. The van der Waals surface area contributed by atoms with Gasteiger partial charge in [-0.3, -0.25) is 0 Å². The highest BCUT2D eigenvalue weighted by molar-refractivity contribution is 7.80. The third kappa shape index (κ3) is 2.17. The van der Waals surface area contributed by atoms with Gasteiger partial charge in [-0.2, -0.15) is 17.6 Å². The second-order valence-electron chi connectivity index (χ2n) is 3.27. The molecule has 1 heterocycles. The van der Waals surface area contributed by atoms with E-state index in [1.165, 1.54) is 0 Å². The van der Waals surface area contributed by atoms with Crippen LogP contribution in [0.1, 0.15) is 0 Å². The fourth-order valence-electron chi connectivity index (χ4n) is 1.22. The number of benzene rings is 1. The van der Waals surface area contributed by atoms with Gasteiger partial charge in [0.15, 0.2) is 0 Å². The highest BCUT2D eigenvalue weighted by atomic mass is 32.1. The van der Waals surface area contributed by atoms with E-state index in [0.717, 1.165) is 11.0 Å². The lowest BCUT2D eigenvalue weighted by atomic mass is 10.3. The van der Waals surface area contributed by atoms with E-state index in [1.54, 1.807) is 0 Å². The van der Waals surface area contributed by atoms with Crippen LogP contribution in [0.5, 0.6) is 6.01 Å². The summed E-state index contributed by atoms with van der Waals surface area (Å²) in [6.45, 7) is 0. The maximum Gasteiger partial charge on any atom is 0.331 e. The second kappa shape index (κ2) is 4.54. The molecule has 1 aromatic heterocycles. The molecule has 0 unspecified atom stereocenters. The normalized spacial score (nSPS) is 12.6. The Hall–Kier alpha value is -1.53. The van der Waals surface area contributed by atoms with Gasteiger partial charge in [-0.1, -0.05) is 12.1 Å². The van der Waals surface area contributed by atoms with Gasteiger partial charge in [-0.25, -0.2) is 4.79 Å². The van der Waals surface area contributed by atoms with Crippen molar-refractivity contribution < 1.29 is 9.53 Å². The van der Waals surface area contributed by atoms with E-state index < -0.39 is 12.0 Å². The number of rotatable bonds is 3. The molecule has 5 nitrogen and oxygen atoms in total. The molecule has 0 saturated heterocycles. The first-order chi connectivity index (χ1) is 7.70. The number of hydrogen-bond donors (Lipinski definition) is 3. The van der Waals surface area contributed by atoms with Crippen LogP contribution < -0.4 is 10.5 Å². The molecule has 2 aromatic rings. The van der Waals surface area contributed by atoms with E-state index >= 15 is 0 Å². The number of para-hydroxylation sites is 2. The summed E-state index contributed by atoms with van der Waals surface area (Å²) >= 11 is 3.91. The highest BCUT2D eigenvalue weighted by Crippen LogP contribution is 2.15. The molecule has 16 heavy (non-hydrogen) atoms. The van der Waals surface area contributed by atoms with Crippen LogP contribution in [-0.2, 0) is 4.79 Å². The number of aromatic nitrogens is 2. The van der Waals surface area contributed by atoms with Gasteiger partial charge in [-0.15, -0.1) is 0 Å². The van der Waals surface area contributed by atoms with Gasteiger partial charge >= 0.3 is 12.0 Å². The fraction of sp³-hybridized carbons (Fsp3) is 0.200. The number of imidazole rings is 1. The molecule has 0 aliphatic rings. The third-order valence-corrected chi connectivity index (χ3v) is 2.46. The maximum absolute atomic E-state index is 11.4. The van der Waals surface area contributed by atoms with Crippen molar-refractivity contribution in [1.29, 1.82) is 0 Å². The van der Waals surface area contributed by atoms with Crippen molar-refractivity contribution in [3.8, 4) is 6.01 Å². The van der Waals surface area contributed by atoms with Gasteiger partial charge in [0.1, 0.15) is 6.04 Å². The summed E-state index contributed by atoms with van der Waals surface area (Å²) < 4.78 is 4.97. The Kier molecular flexibility index (Phi) is 3.12. The zero-order valence-electron chi connectivity index (χ0n) is 8.38. The number of H-pyrrole nitrogens is 1. The van der Waals surface area contributed by atoms with Crippen LogP contribution in [-0.4, -0.2) is 27.7 Å². The van der Waals surface area contributed by atoms with Crippen LogP contribution in [0.4, 0.5) is 0 Å². The van der Waals surface area contributed by atoms with Crippen LogP contribution in [0.15, 0.2) is 24.3 Å². The molecule has 0 bridgehead atoms. The molecule has 0 aliphatic heterocycles. The van der Waals surface area contributed by atoms with Gasteiger partial charge in [0, 0.05) is 5.75 Å². The highest BCUT2D eigenvalue weighted by Gasteiger charge is 2.15. The summed E-state index contributed by atoms with van der Waals surface area (Å²) in [7, 11) is 0. The van der Waals surface area contributed by atoms with Crippen LogP contribution in [0, 0.1) is 0 Å². The lowest BCUT2D eigenvalue weighted by Crippen LogP contribution is -2.35. The van der Waals surface area contributed by atoms with Gasteiger partial charge in [-0.05, 0) is 12.1 Å². The Bertz CT molecular complexity index is 478. The zero-order chi connectivity index (χ0) is 11.5. The average molecular weight is 237 g/mol. The quantitative estimate of drug-likeness (QED) is 0.543.